The lowest BCUT2D eigenvalue weighted by Crippen LogP contribution is -2.34. The van der Waals surface area contributed by atoms with Gasteiger partial charge in [0.25, 0.3) is 5.56 Å². The van der Waals surface area contributed by atoms with Crippen molar-refractivity contribution in [2.45, 2.75) is 33.4 Å². The summed E-state index contributed by atoms with van der Waals surface area (Å²) in [7, 11) is 0. The molecule has 0 unspecified atom stereocenters. The predicted molar refractivity (Wildman–Crippen MR) is 63.5 cm³/mol. The number of aromatic nitrogens is 2. The molecule has 0 saturated carbocycles. The highest BCUT2D eigenvalue weighted by Crippen LogP contribution is 2.09. The van der Waals surface area contributed by atoms with E-state index in [0.29, 0.717) is 12.2 Å². The molecule has 5 heteroatoms. The van der Waals surface area contributed by atoms with Gasteiger partial charge in [-0.1, -0.05) is 0 Å². The van der Waals surface area contributed by atoms with Gasteiger partial charge in [0.05, 0.1) is 12.4 Å². The van der Waals surface area contributed by atoms with Gasteiger partial charge in [-0.25, -0.2) is 4.68 Å². The zero-order valence-corrected chi connectivity index (χ0v) is 10.2. The van der Waals surface area contributed by atoms with Gasteiger partial charge in [-0.2, -0.15) is 10.4 Å². The zero-order valence-electron chi connectivity index (χ0n) is 10.2. The lowest BCUT2D eigenvalue weighted by Gasteiger charge is -2.16. The maximum absolute atomic E-state index is 12.0. The number of hydrogen-bond acceptors (Lipinski definition) is 4. The standard InChI is InChI=1S/C12H16N4O/c1-9-10(2)14-16(12(17)11(9)7-13)8-15-5-3-4-6-15/h3-6,8H2,1-2H3. The van der Waals surface area contributed by atoms with E-state index in [1.165, 1.54) is 17.5 Å². The Hall–Kier alpha value is -1.67. The fourth-order valence-corrected chi connectivity index (χ4v) is 2.11. The highest BCUT2D eigenvalue weighted by molar-refractivity contribution is 5.36. The van der Waals surface area contributed by atoms with Gasteiger partial charge in [0.1, 0.15) is 11.6 Å². The number of nitrogens with zero attached hydrogens (tertiary/aromatic N) is 4. The molecule has 0 atom stereocenters. The van der Waals surface area contributed by atoms with Crippen LogP contribution in [-0.4, -0.2) is 27.8 Å². The Kier molecular flexibility index (Phi) is 3.25. The summed E-state index contributed by atoms with van der Waals surface area (Å²) in [6.07, 6.45) is 2.34. The molecule has 2 heterocycles. The minimum absolute atomic E-state index is 0.219. The lowest BCUT2D eigenvalue weighted by molar-refractivity contribution is 0.247. The second-order valence-corrected chi connectivity index (χ2v) is 4.47. The van der Waals surface area contributed by atoms with E-state index < -0.39 is 0 Å². The maximum Gasteiger partial charge on any atom is 0.286 e. The van der Waals surface area contributed by atoms with Gasteiger partial charge in [0.2, 0.25) is 0 Å². The van der Waals surface area contributed by atoms with Crippen LogP contribution in [-0.2, 0) is 6.67 Å². The molecule has 17 heavy (non-hydrogen) atoms. The normalized spacial score (nSPS) is 16.1. The van der Waals surface area contributed by atoms with Gasteiger partial charge in [0.15, 0.2) is 0 Å². The van der Waals surface area contributed by atoms with Gasteiger partial charge in [-0.3, -0.25) is 9.69 Å². The van der Waals surface area contributed by atoms with Crippen molar-refractivity contribution in [1.82, 2.24) is 14.7 Å². The van der Waals surface area contributed by atoms with Crippen molar-refractivity contribution >= 4 is 0 Å². The fraction of sp³-hybridized carbons (Fsp3) is 0.583. The van der Waals surface area contributed by atoms with Crippen LogP contribution in [0.2, 0.25) is 0 Å². The summed E-state index contributed by atoms with van der Waals surface area (Å²) >= 11 is 0. The average Bonchev–Trinajstić information content (AvgIpc) is 2.79. The quantitative estimate of drug-likeness (QED) is 0.756. The van der Waals surface area contributed by atoms with Crippen LogP contribution < -0.4 is 5.56 Å². The Morgan fingerprint density at radius 1 is 1.35 bits per heavy atom. The number of hydrogen-bond donors (Lipinski definition) is 0. The van der Waals surface area contributed by atoms with Crippen LogP contribution in [0.1, 0.15) is 29.7 Å². The molecule has 1 aliphatic rings. The molecule has 0 N–H and O–H groups in total. The topological polar surface area (TPSA) is 61.9 Å². The molecule has 1 saturated heterocycles. The largest absolute Gasteiger partial charge is 0.286 e. The molecule has 1 fully saturated rings. The van der Waals surface area contributed by atoms with Crippen molar-refractivity contribution in [1.29, 1.82) is 5.26 Å². The molecule has 0 radical (unpaired) electrons. The highest BCUT2D eigenvalue weighted by Gasteiger charge is 2.16. The molecule has 5 nitrogen and oxygen atoms in total. The van der Waals surface area contributed by atoms with E-state index in [-0.39, 0.29) is 11.1 Å². The SMILES string of the molecule is Cc1nn(CN2CCCC2)c(=O)c(C#N)c1C. The molecular formula is C12H16N4O. The molecule has 2 rings (SSSR count). The third-order valence-electron chi connectivity index (χ3n) is 3.28. The highest BCUT2D eigenvalue weighted by atomic mass is 16.1. The monoisotopic (exact) mass is 232 g/mol. The Balaban J connectivity index is 2.38. The van der Waals surface area contributed by atoms with Crippen molar-refractivity contribution in [3.63, 3.8) is 0 Å². The van der Waals surface area contributed by atoms with Crippen LogP contribution in [0.25, 0.3) is 0 Å². The molecule has 0 amide bonds. The third kappa shape index (κ3) is 2.22. The fourth-order valence-electron chi connectivity index (χ4n) is 2.11. The van der Waals surface area contributed by atoms with Crippen LogP contribution in [0, 0.1) is 25.2 Å². The van der Waals surface area contributed by atoms with E-state index in [1.807, 2.05) is 13.0 Å². The minimum Gasteiger partial charge on any atom is -0.284 e. The Bertz CT molecular complexity index is 521. The van der Waals surface area contributed by atoms with Crippen molar-refractivity contribution in [2.24, 2.45) is 0 Å². The van der Waals surface area contributed by atoms with Crippen LogP contribution in [0.4, 0.5) is 0 Å². The molecule has 1 aromatic heterocycles. The van der Waals surface area contributed by atoms with E-state index in [0.717, 1.165) is 18.8 Å². The van der Waals surface area contributed by atoms with Gasteiger partial charge in [0, 0.05) is 0 Å². The average molecular weight is 232 g/mol. The first-order valence-electron chi connectivity index (χ1n) is 5.84. The molecule has 0 aliphatic carbocycles. The molecule has 0 aromatic carbocycles. The Labute approximate surface area is 100 Å². The summed E-state index contributed by atoms with van der Waals surface area (Å²) in [5.41, 5.74) is 1.38. The summed E-state index contributed by atoms with van der Waals surface area (Å²) in [5.74, 6) is 0. The molecule has 90 valence electrons. The van der Waals surface area contributed by atoms with Gasteiger partial charge >= 0.3 is 0 Å². The molecule has 0 bridgehead atoms. The summed E-state index contributed by atoms with van der Waals surface area (Å²) in [6, 6.07) is 1.98. The van der Waals surface area contributed by atoms with E-state index in [9.17, 15) is 4.79 Å². The van der Waals surface area contributed by atoms with Crippen LogP contribution in [0.5, 0.6) is 0 Å². The Morgan fingerprint density at radius 3 is 2.59 bits per heavy atom. The summed E-state index contributed by atoms with van der Waals surface area (Å²) in [6.45, 7) is 6.10. The van der Waals surface area contributed by atoms with Crippen molar-refractivity contribution in [2.75, 3.05) is 13.1 Å². The lowest BCUT2D eigenvalue weighted by atomic mass is 10.1. The van der Waals surface area contributed by atoms with Crippen LogP contribution in [0.15, 0.2) is 4.79 Å². The number of likely N-dealkylation sites (tertiary alicyclic amines) is 1. The number of aryl methyl sites for hydroxylation is 1. The second kappa shape index (κ2) is 4.68. The summed E-state index contributed by atoms with van der Waals surface area (Å²) in [5, 5.41) is 13.3. The second-order valence-electron chi connectivity index (χ2n) is 4.47. The van der Waals surface area contributed by atoms with Crippen molar-refractivity contribution in [3.05, 3.63) is 27.2 Å². The Morgan fingerprint density at radius 2 is 2.00 bits per heavy atom. The number of nitriles is 1. The first-order chi connectivity index (χ1) is 8.13. The molecule has 0 spiro atoms. The van der Waals surface area contributed by atoms with E-state index in [4.69, 9.17) is 5.26 Å². The van der Waals surface area contributed by atoms with Crippen molar-refractivity contribution < 1.29 is 0 Å². The van der Waals surface area contributed by atoms with Crippen LogP contribution >= 0.6 is 0 Å². The van der Waals surface area contributed by atoms with E-state index in [1.54, 1.807) is 6.92 Å². The smallest absolute Gasteiger partial charge is 0.284 e. The first kappa shape index (κ1) is 11.8. The third-order valence-corrected chi connectivity index (χ3v) is 3.28. The minimum atomic E-state index is -0.275. The first-order valence-corrected chi connectivity index (χ1v) is 5.84. The van der Waals surface area contributed by atoms with Gasteiger partial charge in [-0.05, 0) is 45.3 Å². The van der Waals surface area contributed by atoms with E-state index in [2.05, 4.69) is 10.00 Å². The van der Waals surface area contributed by atoms with Gasteiger partial charge < -0.3 is 0 Å². The molecular weight excluding hydrogens is 216 g/mol. The van der Waals surface area contributed by atoms with Crippen LogP contribution in [0.3, 0.4) is 0 Å². The number of rotatable bonds is 2. The summed E-state index contributed by atoms with van der Waals surface area (Å²) in [4.78, 5) is 14.2. The molecule has 1 aliphatic heterocycles. The predicted octanol–water partition coefficient (Wildman–Crippen LogP) is 0.785. The van der Waals surface area contributed by atoms with Gasteiger partial charge in [-0.15, -0.1) is 0 Å². The zero-order chi connectivity index (χ0) is 12.4. The van der Waals surface area contributed by atoms with Crippen molar-refractivity contribution in [3.8, 4) is 6.07 Å². The molecule has 1 aromatic rings. The summed E-state index contributed by atoms with van der Waals surface area (Å²) < 4.78 is 1.41. The van der Waals surface area contributed by atoms with E-state index >= 15 is 0 Å². The maximum atomic E-state index is 12.0.